The largest absolute Gasteiger partial charge is 0.510 e. The van der Waals surface area contributed by atoms with Gasteiger partial charge in [-0.3, -0.25) is 19.3 Å². The summed E-state index contributed by atoms with van der Waals surface area (Å²) in [7, 11) is 6.78. The number of aromatic hydroxyl groups is 1. The lowest BCUT2D eigenvalue weighted by Crippen LogP contribution is -2.63. The number of fused-ring (bicyclic) bond motifs is 3. The number of rotatable bonds is 3. The Morgan fingerprint density at radius 3 is 2.26 bits per heavy atom. The summed E-state index contributed by atoms with van der Waals surface area (Å²) in [4.78, 5) is 43.1. The predicted molar refractivity (Wildman–Crippen MR) is 155 cm³/mol. The number of phenols is 1. The molecule has 2 aromatic rings. The number of amides is 1. The summed E-state index contributed by atoms with van der Waals surface area (Å²) in [5, 5.41) is 45.6. The van der Waals surface area contributed by atoms with Crippen molar-refractivity contribution in [3.05, 3.63) is 80.8 Å². The number of nitrogens with zero attached hydrogens (tertiary/aromatic N) is 2. The van der Waals surface area contributed by atoms with Crippen LogP contribution in [0.15, 0.2) is 53.0 Å². The van der Waals surface area contributed by atoms with Crippen molar-refractivity contribution in [2.24, 2.45) is 17.6 Å². The van der Waals surface area contributed by atoms with E-state index in [9.17, 15) is 34.8 Å². The summed E-state index contributed by atoms with van der Waals surface area (Å²) in [5.74, 6) is -0.943. The smallest absolute Gasteiger partial charge is 0.255 e. The number of primary amides is 1. The molecule has 0 aliphatic heterocycles. The maximum Gasteiger partial charge on any atom is 0.255 e. The molecule has 42 heavy (non-hydrogen) atoms. The molecule has 5 rings (SSSR count). The minimum Gasteiger partial charge on any atom is -0.510 e. The van der Waals surface area contributed by atoms with Gasteiger partial charge in [-0.15, -0.1) is 0 Å². The van der Waals surface area contributed by atoms with Crippen molar-refractivity contribution in [3.63, 3.8) is 0 Å². The maximum atomic E-state index is 14.1. The van der Waals surface area contributed by atoms with Crippen molar-refractivity contribution in [2.45, 2.75) is 31.4 Å². The van der Waals surface area contributed by atoms with Crippen LogP contribution in [0, 0.1) is 30.6 Å². The van der Waals surface area contributed by atoms with Crippen molar-refractivity contribution >= 4 is 23.2 Å². The monoisotopic (exact) mass is 571 g/mol. The van der Waals surface area contributed by atoms with E-state index in [0.717, 1.165) is 5.56 Å². The van der Waals surface area contributed by atoms with Crippen molar-refractivity contribution in [2.75, 3.05) is 33.1 Å². The average molecular weight is 572 g/mol. The predicted octanol–water partition coefficient (Wildman–Crippen LogP) is 1.89. The van der Waals surface area contributed by atoms with Gasteiger partial charge in [-0.1, -0.05) is 29.5 Å². The summed E-state index contributed by atoms with van der Waals surface area (Å²) < 4.78 is 0. The molecule has 0 fully saturated rings. The third-order valence-electron chi connectivity index (χ3n) is 8.57. The zero-order chi connectivity index (χ0) is 30.8. The van der Waals surface area contributed by atoms with Crippen LogP contribution < -0.4 is 10.6 Å². The number of benzene rings is 2. The first kappa shape index (κ1) is 28.9. The molecule has 3 aliphatic rings. The Morgan fingerprint density at radius 2 is 1.69 bits per heavy atom. The van der Waals surface area contributed by atoms with Gasteiger partial charge in [0.1, 0.15) is 22.8 Å². The molecule has 0 aromatic heterocycles. The Kier molecular flexibility index (Phi) is 6.92. The van der Waals surface area contributed by atoms with Crippen molar-refractivity contribution in [1.82, 2.24) is 4.90 Å². The molecule has 3 aliphatic carbocycles. The molecule has 0 spiro atoms. The number of aliphatic hydroxyl groups excluding tert-OH is 2. The second-order valence-corrected chi connectivity index (χ2v) is 11.6. The maximum absolute atomic E-state index is 14.1. The Bertz CT molecular complexity index is 1670. The van der Waals surface area contributed by atoms with Gasteiger partial charge in [-0.05, 0) is 63.5 Å². The molecule has 4 unspecified atom stereocenters. The van der Waals surface area contributed by atoms with Crippen LogP contribution in [0.1, 0.15) is 39.0 Å². The number of allylic oxidation sites excluding steroid dienone is 1. The number of phenolic OH excluding ortho intramolecular Hbond substituents is 1. The minimum absolute atomic E-state index is 0.0222. The highest BCUT2D eigenvalue weighted by Crippen LogP contribution is 2.53. The first-order valence-corrected chi connectivity index (χ1v) is 13.5. The molecular weight excluding hydrogens is 538 g/mol. The fourth-order valence-corrected chi connectivity index (χ4v) is 6.57. The Morgan fingerprint density at radius 1 is 1.05 bits per heavy atom. The summed E-state index contributed by atoms with van der Waals surface area (Å²) in [5.41, 5.74) is 4.75. The number of likely N-dealkylation sites (N-methyl/N-ethyl adjacent to an activating group) is 1. The molecule has 6 N–H and O–H groups in total. The number of carbonyl (C=O) groups excluding carboxylic acids is 3. The molecule has 0 saturated carbocycles. The van der Waals surface area contributed by atoms with E-state index < -0.39 is 58.0 Å². The standard InChI is InChI=1S/C32H33N3O7/c1-15-6-8-16(9-7-15)10-11-17-14-21(34(2)3)19-12-18-13-20-25(35(4)5)28(38)24(31(33)41)30(40)32(20,42)29(39)22(18)27(37)23(19)26(17)36/h6-9,14,18,20,25,36,38-39,42H,12-13H2,1-5H3,(H2,33,41). The summed E-state index contributed by atoms with van der Waals surface area (Å²) >= 11 is 0. The number of ketones is 2. The third kappa shape index (κ3) is 4.16. The zero-order valence-corrected chi connectivity index (χ0v) is 24.0. The Balaban J connectivity index is 1.70. The van der Waals surface area contributed by atoms with Gasteiger partial charge in [0.25, 0.3) is 5.91 Å². The van der Waals surface area contributed by atoms with Crippen molar-refractivity contribution in [1.29, 1.82) is 0 Å². The minimum atomic E-state index is -2.69. The Labute approximate surface area is 243 Å². The van der Waals surface area contributed by atoms with Crippen LogP contribution in [0.2, 0.25) is 0 Å². The highest BCUT2D eigenvalue weighted by Gasteiger charge is 2.63. The number of anilines is 1. The van der Waals surface area contributed by atoms with Crippen LogP contribution in [0.5, 0.6) is 5.75 Å². The lowest BCUT2D eigenvalue weighted by molar-refractivity contribution is -0.148. The fraction of sp³-hybridized carbons (Fsp3) is 0.344. The van der Waals surface area contributed by atoms with Gasteiger partial charge in [0.05, 0.1) is 17.2 Å². The lowest BCUT2D eigenvalue weighted by Gasteiger charge is -2.50. The number of nitrogens with two attached hydrogens (primary N) is 1. The molecular formula is C32H33N3O7. The quantitative estimate of drug-likeness (QED) is 0.273. The van der Waals surface area contributed by atoms with Crippen LogP contribution >= 0.6 is 0 Å². The average Bonchev–Trinajstić information content (AvgIpc) is 2.90. The lowest BCUT2D eigenvalue weighted by atomic mass is 9.58. The molecule has 0 heterocycles. The van der Waals surface area contributed by atoms with Crippen molar-refractivity contribution in [3.8, 4) is 17.6 Å². The van der Waals surface area contributed by atoms with Crippen LogP contribution in [0.25, 0.3) is 0 Å². The molecule has 1 amide bonds. The van der Waals surface area contributed by atoms with Crippen LogP contribution in [0.3, 0.4) is 0 Å². The van der Waals surface area contributed by atoms with Gasteiger partial charge in [0.2, 0.25) is 5.78 Å². The summed E-state index contributed by atoms with van der Waals surface area (Å²) in [6.45, 7) is 1.96. The van der Waals surface area contributed by atoms with E-state index in [1.165, 1.54) is 4.90 Å². The molecule has 10 heteroatoms. The van der Waals surface area contributed by atoms with Gasteiger partial charge in [-0.25, -0.2) is 0 Å². The van der Waals surface area contributed by atoms with E-state index in [2.05, 4.69) is 11.8 Å². The van der Waals surface area contributed by atoms with Crippen LogP contribution in [0.4, 0.5) is 5.69 Å². The Hall–Kier alpha value is -4.59. The van der Waals surface area contributed by atoms with Crippen LogP contribution in [-0.2, 0) is 16.0 Å². The number of hydrogen-bond acceptors (Lipinski definition) is 9. The van der Waals surface area contributed by atoms with E-state index in [1.807, 2.05) is 31.2 Å². The van der Waals surface area contributed by atoms with Gasteiger partial charge < -0.3 is 31.1 Å². The third-order valence-corrected chi connectivity index (χ3v) is 8.57. The van der Waals surface area contributed by atoms with E-state index in [0.29, 0.717) is 16.8 Å². The van der Waals surface area contributed by atoms with Gasteiger partial charge >= 0.3 is 0 Å². The number of hydrogen-bond donors (Lipinski definition) is 5. The number of carbonyl (C=O) groups is 3. The van der Waals surface area contributed by atoms with Crippen molar-refractivity contribution < 1.29 is 34.8 Å². The van der Waals surface area contributed by atoms with Gasteiger partial charge in [-0.2, -0.15) is 0 Å². The van der Waals surface area contributed by atoms with Gasteiger partial charge in [0.15, 0.2) is 11.4 Å². The second kappa shape index (κ2) is 10.0. The summed E-state index contributed by atoms with van der Waals surface area (Å²) in [6.07, 6.45) is 0.218. The van der Waals surface area contributed by atoms with E-state index >= 15 is 0 Å². The molecule has 4 atom stereocenters. The van der Waals surface area contributed by atoms with Gasteiger partial charge in [0, 0.05) is 36.8 Å². The molecule has 0 saturated heterocycles. The first-order chi connectivity index (χ1) is 19.7. The van der Waals surface area contributed by atoms with Crippen LogP contribution in [-0.4, -0.2) is 82.6 Å². The topological polar surface area (TPSA) is 165 Å². The number of Topliss-reactive ketones (excluding diaryl/α,β-unsaturated/α-hetero) is 2. The normalized spacial score (nSPS) is 25.0. The fourth-order valence-electron chi connectivity index (χ4n) is 6.57. The number of aryl methyl sites for hydroxylation is 1. The second-order valence-electron chi connectivity index (χ2n) is 11.6. The first-order valence-electron chi connectivity index (χ1n) is 13.5. The molecule has 2 aromatic carbocycles. The molecule has 218 valence electrons. The highest BCUT2D eigenvalue weighted by atomic mass is 16.3. The molecule has 0 bridgehead atoms. The highest BCUT2D eigenvalue weighted by molar-refractivity contribution is 6.25. The van der Waals surface area contributed by atoms with E-state index in [1.54, 1.807) is 39.2 Å². The SMILES string of the molecule is Cc1ccc(C#Cc2cc(N(C)C)c3c(c2O)C(=O)C2=C(O)C4(O)C(=O)C(C(N)=O)=C(O)C(N(C)C)C4CC2C3)cc1. The zero-order valence-electron chi connectivity index (χ0n) is 24.0. The molecule has 10 nitrogen and oxygen atoms in total. The number of aliphatic hydroxyl groups is 3. The van der Waals surface area contributed by atoms with E-state index in [4.69, 9.17) is 5.73 Å². The molecule has 0 radical (unpaired) electrons. The van der Waals surface area contributed by atoms with E-state index in [-0.39, 0.29) is 35.3 Å². The summed E-state index contributed by atoms with van der Waals surface area (Å²) in [6, 6.07) is 8.17.